The Morgan fingerprint density at radius 1 is 0.917 bits per heavy atom. The molecule has 2 aromatic rings. The Balaban J connectivity index is 1.72. The average Bonchev–Trinajstić information content (AvgIpc) is 2.55. The van der Waals surface area contributed by atoms with E-state index in [0.29, 0.717) is 15.2 Å². The van der Waals surface area contributed by atoms with Gasteiger partial charge in [0.15, 0.2) is 5.11 Å². The molecule has 1 fully saturated rings. The van der Waals surface area contributed by atoms with Gasteiger partial charge in [0.05, 0.1) is 11.4 Å². The normalized spacial score (nSPS) is 14.3. The fourth-order valence-corrected chi connectivity index (χ4v) is 3.65. The third kappa shape index (κ3) is 4.53. The van der Waals surface area contributed by atoms with Gasteiger partial charge < -0.3 is 15.5 Å². The third-order valence-corrected chi connectivity index (χ3v) is 4.61. The van der Waals surface area contributed by atoms with Crippen LogP contribution in [0.2, 0.25) is 10.0 Å². The molecule has 0 atom stereocenters. The maximum Gasteiger partial charge on any atom is 0.175 e. The van der Waals surface area contributed by atoms with E-state index in [-0.39, 0.29) is 0 Å². The number of hydrogen-bond donors (Lipinski definition) is 2. The number of piperidine rings is 1. The molecule has 1 heterocycles. The van der Waals surface area contributed by atoms with Crippen LogP contribution in [0.15, 0.2) is 42.5 Å². The largest absolute Gasteiger partial charge is 0.370 e. The van der Waals surface area contributed by atoms with E-state index in [1.165, 1.54) is 24.9 Å². The van der Waals surface area contributed by atoms with Gasteiger partial charge in [0.25, 0.3) is 0 Å². The van der Waals surface area contributed by atoms with Gasteiger partial charge in [-0.3, -0.25) is 0 Å². The van der Waals surface area contributed by atoms with E-state index < -0.39 is 0 Å². The predicted octanol–water partition coefficient (Wildman–Crippen LogP) is 5.79. The number of rotatable bonds is 3. The Hall–Kier alpha value is -1.49. The van der Waals surface area contributed by atoms with Gasteiger partial charge in [0.1, 0.15) is 0 Å². The second-order valence-corrected chi connectivity index (χ2v) is 7.08. The summed E-state index contributed by atoms with van der Waals surface area (Å²) in [5.74, 6) is 0. The first kappa shape index (κ1) is 17.3. The van der Waals surface area contributed by atoms with E-state index in [2.05, 4.69) is 27.7 Å². The number of thiocarbonyl (C=S) groups is 1. The minimum absolute atomic E-state index is 0.512. The topological polar surface area (TPSA) is 27.3 Å². The molecule has 1 aliphatic heterocycles. The molecule has 3 nitrogen and oxygen atoms in total. The van der Waals surface area contributed by atoms with Gasteiger partial charge in [0.2, 0.25) is 0 Å². The van der Waals surface area contributed by atoms with Crippen LogP contribution in [0.25, 0.3) is 0 Å². The smallest absolute Gasteiger partial charge is 0.175 e. The summed E-state index contributed by atoms with van der Waals surface area (Å²) >= 11 is 17.5. The number of nitrogens with zero attached hydrogens (tertiary/aromatic N) is 1. The summed E-state index contributed by atoms with van der Waals surface area (Å²) in [5.41, 5.74) is 2.95. The van der Waals surface area contributed by atoms with Crippen molar-refractivity contribution in [3.63, 3.8) is 0 Å². The Morgan fingerprint density at radius 3 is 2.29 bits per heavy atom. The Kier molecular flexibility index (Phi) is 5.82. The molecule has 0 amide bonds. The number of para-hydroxylation sites is 2. The van der Waals surface area contributed by atoms with E-state index >= 15 is 0 Å². The van der Waals surface area contributed by atoms with Crippen molar-refractivity contribution in [2.45, 2.75) is 19.3 Å². The fraction of sp³-hybridized carbons (Fsp3) is 0.278. The van der Waals surface area contributed by atoms with Crippen molar-refractivity contribution in [2.75, 3.05) is 28.6 Å². The van der Waals surface area contributed by atoms with Crippen LogP contribution in [0.5, 0.6) is 0 Å². The second-order valence-electron chi connectivity index (χ2n) is 5.80. The van der Waals surface area contributed by atoms with Gasteiger partial charge in [-0.15, -0.1) is 0 Å². The number of hydrogen-bond acceptors (Lipinski definition) is 2. The SMILES string of the molecule is S=C(Nc1cc(Cl)cc(Cl)c1)Nc1ccccc1N1CCCCC1. The van der Waals surface area contributed by atoms with E-state index in [0.717, 1.165) is 24.5 Å². The summed E-state index contributed by atoms with van der Waals surface area (Å²) in [6, 6.07) is 13.5. The third-order valence-electron chi connectivity index (χ3n) is 3.97. The molecule has 0 radical (unpaired) electrons. The van der Waals surface area contributed by atoms with Crippen molar-refractivity contribution in [2.24, 2.45) is 0 Å². The molecule has 126 valence electrons. The molecule has 1 aliphatic rings. The first-order valence-electron chi connectivity index (χ1n) is 8.00. The maximum atomic E-state index is 6.03. The predicted molar refractivity (Wildman–Crippen MR) is 109 cm³/mol. The molecule has 0 spiro atoms. The fourth-order valence-electron chi connectivity index (χ4n) is 2.90. The van der Waals surface area contributed by atoms with Gasteiger partial charge in [0, 0.05) is 28.8 Å². The summed E-state index contributed by atoms with van der Waals surface area (Å²) in [4.78, 5) is 2.41. The molecule has 3 rings (SSSR count). The van der Waals surface area contributed by atoms with Crippen molar-refractivity contribution in [1.82, 2.24) is 0 Å². The highest BCUT2D eigenvalue weighted by atomic mass is 35.5. The monoisotopic (exact) mass is 379 g/mol. The molecule has 0 aliphatic carbocycles. The van der Waals surface area contributed by atoms with Crippen molar-refractivity contribution in [1.29, 1.82) is 0 Å². The Morgan fingerprint density at radius 2 is 1.58 bits per heavy atom. The molecule has 6 heteroatoms. The first-order chi connectivity index (χ1) is 11.6. The van der Waals surface area contributed by atoms with E-state index in [1.807, 2.05) is 12.1 Å². The lowest BCUT2D eigenvalue weighted by Crippen LogP contribution is -2.30. The van der Waals surface area contributed by atoms with Crippen LogP contribution in [-0.4, -0.2) is 18.2 Å². The van der Waals surface area contributed by atoms with Crippen molar-refractivity contribution < 1.29 is 0 Å². The zero-order chi connectivity index (χ0) is 16.9. The first-order valence-corrected chi connectivity index (χ1v) is 9.16. The lowest BCUT2D eigenvalue weighted by molar-refractivity contribution is 0.578. The zero-order valence-corrected chi connectivity index (χ0v) is 15.5. The van der Waals surface area contributed by atoms with Crippen LogP contribution in [-0.2, 0) is 0 Å². The Bertz CT molecular complexity index is 710. The van der Waals surface area contributed by atoms with Gasteiger partial charge in [-0.05, 0) is 61.8 Å². The molecule has 0 saturated carbocycles. The van der Waals surface area contributed by atoms with Gasteiger partial charge in [-0.1, -0.05) is 35.3 Å². The van der Waals surface area contributed by atoms with Crippen LogP contribution < -0.4 is 15.5 Å². The minimum atomic E-state index is 0.512. The molecular formula is C18H19Cl2N3S. The molecule has 2 aromatic carbocycles. The molecule has 0 bridgehead atoms. The highest BCUT2D eigenvalue weighted by molar-refractivity contribution is 7.80. The summed E-state index contributed by atoms with van der Waals surface area (Å²) in [5, 5.41) is 8.08. The van der Waals surface area contributed by atoms with Crippen molar-refractivity contribution in [3.8, 4) is 0 Å². The van der Waals surface area contributed by atoms with Gasteiger partial charge >= 0.3 is 0 Å². The Labute approximate surface area is 157 Å². The summed E-state index contributed by atoms with van der Waals surface area (Å²) in [6.07, 6.45) is 3.78. The highest BCUT2D eigenvalue weighted by Crippen LogP contribution is 2.29. The number of halogens is 2. The summed E-state index contributed by atoms with van der Waals surface area (Å²) in [6.45, 7) is 2.17. The highest BCUT2D eigenvalue weighted by Gasteiger charge is 2.14. The molecule has 1 saturated heterocycles. The lowest BCUT2D eigenvalue weighted by atomic mass is 10.1. The number of nitrogens with one attached hydrogen (secondary N) is 2. The van der Waals surface area contributed by atoms with Crippen LogP contribution in [0.4, 0.5) is 17.1 Å². The molecule has 0 aromatic heterocycles. The lowest BCUT2D eigenvalue weighted by Gasteiger charge is -2.30. The summed E-state index contributed by atoms with van der Waals surface area (Å²) in [7, 11) is 0. The van der Waals surface area contributed by atoms with Gasteiger partial charge in [-0.2, -0.15) is 0 Å². The van der Waals surface area contributed by atoms with Crippen molar-refractivity contribution >= 4 is 57.6 Å². The van der Waals surface area contributed by atoms with E-state index in [1.54, 1.807) is 18.2 Å². The quantitative estimate of drug-likeness (QED) is 0.659. The zero-order valence-electron chi connectivity index (χ0n) is 13.2. The minimum Gasteiger partial charge on any atom is -0.370 e. The van der Waals surface area contributed by atoms with Crippen LogP contribution in [0, 0.1) is 0 Å². The maximum absolute atomic E-state index is 6.03. The summed E-state index contributed by atoms with van der Waals surface area (Å²) < 4.78 is 0. The molecule has 24 heavy (non-hydrogen) atoms. The second kappa shape index (κ2) is 8.06. The van der Waals surface area contributed by atoms with Gasteiger partial charge in [-0.25, -0.2) is 0 Å². The van der Waals surface area contributed by atoms with Crippen molar-refractivity contribution in [3.05, 3.63) is 52.5 Å². The standard InChI is InChI=1S/C18H19Cl2N3S/c19-13-10-14(20)12-15(11-13)21-18(24)22-16-6-2-3-7-17(16)23-8-4-1-5-9-23/h2-3,6-7,10-12H,1,4-5,8-9H2,(H2,21,22,24). The van der Waals surface area contributed by atoms with Crippen LogP contribution in [0.3, 0.4) is 0 Å². The van der Waals surface area contributed by atoms with Crippen LogP contribution in [0.1, 0.15) is 19.3 Å². The molecule has 2 N–H and O–H groups in total. The number of anilines is 3. The van der Waals surface area contributed by atoms with E-state index in [4.69, 9.17) is 35.4 Å². The average molecular weight is 380 g/mol. The molecule has 0 unspecified atom stereocenters. The number of benzene rings is 2. The molecular weight excluding hydrogens is 361 g/mol. The van der Waals surface area contributed by atoms with E-state index in [9.17, 15) is 0 Å². The van der Waals surface area contributed by atoms with Crippen LogP contribution >= 0.6 is 35.4 Å².